The summed E-state index contributed by atoms with van der Waals surface area (Å²) < 4.78 is 0. The quantitative estimate of drug-likeness (QED) is 0.616. The molecule has 2 amide bonds. The maximum absolute atomic E-state index is 13.3. The van der Waals surface area contributed by atoms with E-state index in [1.807, 2.05) is 38.1 Å². The first-order valence-electron chi connectivity index (χ1n) is 13.6. The van der Waals surface area contributed by atoms with Crippen molar-refractivity contribution in [1.29, 1.82) is 0 Å². The summed E-state index contributed by atoms with van der Waals surface area (Å²) >= 11 is 0. The van der Waals surface area contributed by atoms with Crippen molar-refractivity contribution in [2.24, 2.45) is 11.8 Å². The lowest BCUT2D eigenvalue weighted by Gasteiger charge is -2.26. The number of aryl methyl sites for hydroxylation is 2. The molecule has 2 aromatic rings. The van der Waals surface area contributed by atoms with E-state index in [4.69, 9.17) is 0 Å². The second kappa shape index (κ2) is 11.1. The van der Waals surface area contributed by atoms with Crippen LogP contribution in [0, 0.1) is 25.7 Å². The Kier molecular flexibility index (Phi) is 7.73. The summed E-state index contributed by atoms with van der Waals surface area (Å²) in [4.78, 5) is 32.9. The van der Waals surface area contributed by atoms with Gasteiger partial charge in [-0.15, -0.1) is 0 Å². The summed E-state index contributed by atoms with van der Waals surface area (Å²) in [5.74, 6) is 1.40. The molecular weight excluding hydrogens is 448 g/mol. The van der Waals surface area contributed by atoms with Crippen LogP contribution in [0.3, 0.4) is 0 Å². The van der Waals surface area contributed by atoms with Gasteiger partial charge in [-0.25, -0.2) is 0 Å². The Labute approximate surface area is 215 Å². The predicted molar refractivity (Wildman–Crippen MR) is 143 cm³/mol. The molecule has 3 aliphatic heterocycles. The molecule has 36 heavy (non-hydrogen) atoms. The molecule has 3 saturated heterocycles. The highest BCUT2D eigenvalue weighted by molar-refractivity contribution is 5.97. The predicted octanol–water partition coefficient (Wildman–Crippen LogP) is 3.65. The van der Waals surface area contributed by atoms with E-state index < -0.39 is 0 Å². The molecule has 3 heterocycles. The van der Waals surface area contributed by atoms with Crippen molar-refractivity contribution in [2.75, 3.05) is 52.4 Å². The Morgan fingerprint density at radius 3 is 2.14 bits per heavy atom. The van der Waals surface area contributed by atoms with Gasteiger partial charge in [0.05, 0.1) is 12.6 Å². The number of carbonyl (C=O) groups is 2. The Bertz CT molecular complexity index is 1030. The Balaban J connectivity index is 1.15. The topological polar surface area (TPSA) is 55.9 Å². The molecule has 6 heteroatoms. The van der Waals surface area contributed by atoms with Gasteiger partial charge in [0.1, 0.15) is 0 Å². The van der Waals surface area contributed by atoms with E-state index in [-0.39, 0.29) is 17.9 Å². The van der Waals surface area contributed by atoms with Crippen molar-refractivity contribution in [3.8, 4) is 0 Å². The van der Waals surface area contributed by atoms with Gasteiger partial charge in [0, 0.05) is 38.3 Å². The molecule has 5 rings (SSSR count). The summed E-state index contributed by atoms with van der Waals surface area (Å²) in [5.41, 5.74) is 4.19. The summed E-state index contributed by atoms with van der Waals surface area (Å²) in [7, 11) is 0. The summed E-state index contributed by atoms with van der Waals surface area (Å²) in [6, 6.07) is 16.5. The number of nitrogens with one attached hydrogen (secondary N) is 1. The molecule has 0 spiro atoms. The van der Waals surface area contributed by atoms with Crippen molar-refractivity contribution in [2.45, 2.75) is 39.2 Å². The van der Waals surface area contributed by atoms with Crippen LogP contribution < -0.4 is 5.32 Å². The number of benzene rings is 2. The average Bonchev–Trinajstić information content (AvgIpc) is 3.59. The van der Waals surface area contributed by atoms with Gasteiger partial charge in [0.25, 0.3) is 5.91 Å². The number of fused-ring (bicyclic) bond motifs is 1. The maximum atomic E-state index is 13.3. The van der Waals surface area contributed by atoms with Crippen LogP contribution >= 0.6 is 0 Å². The Morgan fingerprint density at radius 1 is 0.861 bits per heavy atom. The zero-order valence-corrected chi connectivity index (χ0v) is 21.8. The van der Waals surface area contributed by atoms with E-state index in [0.717, 1.165) is 68.9 Å². The number of likely N-dealkylation sites (tertiary alicyclic amines) is 3. The van der Waals surface area contributed by atoms with E-state index in [9.17, 15) is 9.59 Å². The van der Waals surface area contributed by atoms with Gasteiger partial charge in [-0.1, -0.05) is 48.5 Å². The molecular formula is C30H40N4O2. The first-order valence-corrected chi connectivity index (χ1v) is 13.6. The van der Waals surface area contributed by atoms with Gasteiger partial charge in [-0.05, 0) is 74.7 Å². The Hall–Kier alpha value is -2.70. The average molecular weight is 489 g/mol. The lowest BCUT2D eigenvalue weighted by Crippen LogP contribution is -2.39. The molecule has 0 aliphatic carbocycles. The lowest BCUT2D eigenvalue weighted by atomic mass is 10.0. The molecule has 0 saturated carbocycles. The SMILES string of the molecule is Cc1cccc(C)c1C(=O)N1CC2CN(CCC(NC(=O)CN3CCCC3)c3ccccc3)C[C@H]2C1. The summed E-state index contributed by atoms with van der Waals surface area (Å²) in [6.45, 7) is 11.4. The molecule has 3 atom stereocenters. The first-order chi connectivity index (χ1) is 17.5. The fourth-order valence-electron chi connectivity index (χ4n) is 6.45. The highest BCUT2D eigenvalue weighted by atomic mass is 16.2. The monoisotopic (exact) mass is 488 g/mol. The molecule has 2 aromatic carbocycles. The molecule has 2 unspecified atom stereocenters. The minimum absolute atomic E-state index is 0.0313. The number of amides is 2. The molecule has 0 radical (unpaired) electrons. The highest BCUT2D eigenvalue weighted by Gasteiger charge is 2.42. The van der Waals surface area contributed by atoms with Gasteiger partial charge in [0.2, 0.25) is 5.91 Å². The largest absolute Gasteiger partial charge is 0.348 e. The normalized spacial score (nSPS) is 23.1. The number of rotatable bonds is 8. The standard InChI is InChI=1S/C30H40N4O2/c1-22-9-8-10-23(2)29(22)30(36)34-19-25-17-33(18-26(25)20-34)16-13-27(24-11-4-3-5-12-24)31-28(35)21-32-14-6-7-15-32/h3-5,8-12,25-27H,6-7,13-21H2,1-2H3,(H,31,35)/t25-,26?,27?/m0/s1. The van der Waals surface area contributed by atoms with E-state index in [2.05, 4.69) is 44.3 Å². The minimum atomic E-state index is 0.0313. The third kappa shape index (κ3) is 5.65. The molecule has 6 nitrogen and oxygen atoms in total. The highest BCUT2D eigenvalue weighted by Crippen LogP contribution is 2.33. The second-order valence-electron chi connectivity index (χ2n) is 11.1. The summed E-state index contributed by atoms with van der Waals surface area (Å²) in [5, 5.41) is 3.33. The third-order valence-corrected chi connectivity index (χ3v) is 8.38. The zero-order valence-electron chi connectivity index (χ0n) is 21.8. The minimum Gasteiger partial charge on any atom is -0.348 e. The lowest BCUT2D eigenvalue weighted by molar-refractivity contribution is -0.122. The van der Waals surface area contributed by atoms with Crippen LogP contribution in [0.5, 0.6) is 0 Å². The van der Waals surface area contributed by atoms with E-state index >= 15 is 0 Å². The third-order valence-electron chi connectivity index (χ3n) is 8.38. The van der Waals surface area contributed by atoms with Crippen molar-refractivity contribution in [3.63, 3.8) is 0 Å². The number of hydrogen-bond acceptors (Lipinski definition) is 4. The van der Waals surface area contributed by atoms with E-state index in [0.29, 0.717) is 18.4 Å². The maximum Gasteiger partial charge on any atom is 0.254 e. The van der Waals surface area contributed by atoms with Crippen LogP contribution in [0.1, 0.15) is 52.4 Å². The van der Waals surface area contributed by atoms with Gasteiger partial charge in [-0.2, -0.15) is 0 Å². The first kappa shape index (κ1) is 25.0. The second-order valence-corrected chi connectivity index (χ2v) is 11.1. The van der Waals surface area contributed by atoms with Crippen LogP contribution in [-0.4, -0.2) is 78.9 Å². The fourth-order valence-corrected chi connectivity index (χ4v) is 6.45. The van der Waals surface area contributed by atoms with Crippen LogP contribution in [-0.2, 0) is 4.79 Å². The van der Waals surface area contributed by atoms with Crippen LogP contribution in [0.2, 0.25) is 0 Å². The van der Waals surface area contributed by atoms with Crippen molar-refractivity contribution < 1.29 is 9.59 Å². The van der Waals surface area contributed by atoms with Crippen LogP contribution in [0.15, 0.2) is 48.5 Å². The molecule has 3 fully saturated rings. The molecule has 3 aliphatic rings. The van der Waals surface area contributed by atoms with Crippen LogP contribution in [0.4, 0.5) is 0 Å². The Morgan fingerprint density at radius 2 is 1.50 bits per heavy atom. The van der Waals surface area contributed by atoms with Gasteiger partial charge in [-0.3, -0.25) is 14.5 Å². The van der Waals surface area contributed by atoms with E-state index in [1.165, 1.54) is 18.4 Å². The summed E-state index contributed by atoms with van der Waals surface area (Å²) in [6.07, 6.45) is 3.29. The van der Waals surface area contributed by atoms with E-state index in [1.54, 1.807) is 0 Å². The molecule has 1 N–H and O–H groups in total. The molecule has 0 aromatic heterocycles. The van der Waals surface area contributed by atoms with Gasteiger partial charge >= 0.3 is 0 Å². The van der Waals surface area contributed by atoms with Crippen LogP contribution in [0.25, 0.3) is 0 Å². The van der Waals surface area contributed by atoms with Gasteiger partial charge in [0.15, 0.2) is 0 Å². The zero-order chi connectivity index (χ0) is 25.1. The smallest absolute Gasteiger partial charge is 0.254 e. The molecule has 192 valence electrons. The van der Waals surface area contributed by atoms with Crippen molar-refractivity contribution in [3.05, 3.63) is 70.8 Å². The fraction of sp³-hybridized carbons (Fsp3) is 0.533. The number of nitrogens with zero attached hydrogens (tertiary/aromatic N) is 3. The molecule has 0 bridgehead atoms. The van der Waals surface area contributed by atoms with Gasteiger partial charge < -0.3 is 15.1 Å². The van der Waals surface area contributed by atoms with Crippen molar-refractivity contribution >= 4 is 11.8 Å². The van der Waals surface area contributed by atoms with Crippen molar-refractivity contribution in [1.82, 2.24) is 20.0 Å². The number of carbonyl (C=O) groups excluding carboxylic acids is 2. The number of hydrogen-bond donors (Lipinski definition) is 1.